The Labute approximate surface area is 155 Å². The second-order valence-electron chi connectivity index (χ2n) is 6.19. The van der Waals surface area contributed by atoms with E-state index in [0.717, 1.165) is 23.8 Å². The summed E-state index contributed by atoms with van der Waals surface area (Å²) in [4.78, 5) is 30.3. The van der Waals surface area contributed by atoms with Crippen molar-refractivity contribution < 1.29 is 23.1 Å². The Morgan fingerprint density at radius 1 is 1.30 bits per heavy atom. The average Bonchev–Trinajstić information content (AvgIpc) is 2.69. The molecule has 1 aliphatic heterocycles. The van der Waals surface area contributed by atoms with Gasteiger partial charge < -0.3 is 15.0 Å². The summed E-state index contributed by atoms with van der Waals surface area (Å²) in [6, 6.07) is 5.78. The van der Waals surface area contributed by atoms with Gasteiger partial charge in [-0.15, -0.1) is 0 Å². The quantitative estimate of drug-likeness (QED) is 0.867. The van der Waals surface area contributed by atoms with Crippen LogP contribution in [0.3, 0.4) is 0 Å². The van der Waals surface area contributed by atoms with E-state index in [0.29, 0.717) is 6.54 Å². The number of halogens is 2. The van der Waals surface area contributed by atoms with Crippen LogP contribution in [0.4, 0.5) is 8.78 Å². The lowest BCUT2D eigenvalue weighted by Gasteiger charge is -2.35. The predicted molar refractivity (Wildman–Crippen MR) is 92.7 cm³/mol. The summed E-state index contributed by atoms with van der Waals surface area (Å²) in [6.07, 6.45) is 3.29. The first-order valence-corrected chi connectivity index (χ1v) is 8.54. The summed E-state index contributed by atoms with van der Waals surface area (Å²) < 4.78 is 32.7. The molecule has 1 aromatic heterocycles. The minimum atomic E-state index is -0.798. The molecule has 0 bridgehead atoms. The molecule has 27 heavy (non-hydrogen) atoms. The lowest BCUT2D eigenvalue weighted by molar-refractivity contribution is -0.123. The highest BCUT2D eigenvalue weighted by Crippen LogP contribution is 2.18. The highest BCUT2D eigenvalue weighted by molar-refractivity contribution is 5.95. The monoisotopic (exact) mass is 375 g/mol. The van der Waals surface area contributed by atoms with E-state index >= 15 is 0 Å². The van der Waals surface area contributed by atoms with Gasteiger partial charge in [0, 0.05) is 31.9 Å². The number of aromatic nitrogens is 1. The lowest BCUT2D eigenvalue weighted by Crippen LogP contribution is -2.50. The van der Waals surface area contributed by atoms with Gasteiger partial charge in [0.2, 0.25) is 5.91 Å². The number of hydrogen-bond donors (Lipinski definition) is 1. The van der Waals surface area contributed by atoms with Crippen LogP contribution in [-0.2, 0) is 16.1 Å². The molecule has 1 aromatic carbocycles. The van der Waals surface area contributed by atoms with Crippen LogP contribution in [0.5, 0.6) is 0 Å². The summed E-state index contributed by atoms with van der Waals surface area (Å²) in [5.41, 5.74) is 0.498. The summed E-state index contributed by atoms with van der Waals surface area (Å²) in [5.74, 6) is -2.42. The number of nitrogens with one attached hydrogen (secondary N) is 1. The average molecular weight is 375 g/mol. The van der Waals surface area contributed by atoms with E-state index in [1.54, 1.807) is 18.5 Å². The number of ether oxygens (including phenoxy) is 1. The highest BCUT2D eigenvalue weighted by Gasteiger charge is 2.31. The topological polar surface area (TPSA) is 71.5 Å². The maximum absolute atomic E-state index is 13.9. The molecule has 2 amide bonds. The van der Waals surface area contributed by atoms with E-state index in [1.807, 2.05) is 6.07 Å². The number of rotatable bonds is 5. The van der Waals surface area contributed by atoms with Crippen LogP contribution in [0.25, 0.3) is 0 Å². The van der Waals surface area contributed by atoms with E-state index in [1.165, 1.54) is 4.90 Å². The van der Waals surface area contributed by atoms with Crippen LogP contribution in [0.2, 0.25) is 0 Å². The van der Waals surface area contributed by atoms with Crippen molar-refractivity contribution in [1.82, 2.24) is 15.2 Å². The Bertz CT molecular complexity index is 817. The van der Waals surface area contributed by atoms with E-state index in [2.05, 4.69) is 10.3 Å². The first kappa shape index (κ1) is 18.9. The van der Waals surface area contributed by atoms with Gasteiger partial charge in [0.05, 0.1) is 24.8 Å². The molecular formula is C19H19F2N3O3. The molecule has 0 unspecified atom stereocenters. The van der Waals surface area contributed by atoms with Crippen LogP contribution in [0.1, 0.15) is 22.3 Å². The molecular weight excluding hydrogens is 356 g/mol. The smallest absolute Gasteiger partial charge is 0.257 e. The normalized spacial score (nSPS) is 16.8. The van der Waals surface area contributed by atoms with Crippen molar-refractivity contribution in [3.8, 4) is 0 Å². The van der Waals surface area contributed by atoms with Crippen LogP contribution < -0.4 is 5.32 Å². The Kier molecular flexibility index (Phi) is 6.08. The van der Waals surface area contributed by atoms with Crippen LogP contribution in [0.15, 0.2) is 42.7 Å². The zero-order valence-electron chi connectivity index (χ0n) is 14.5. The molecule has 0 aliphatic carbocycles. The molecule has 2 aromatic rings. The Morgan fingerprint density at radius 3 is 2.93 bits per heavy atom. The van der Waals surface area contributed by atoms with Gasteiger partial charge in [-0.25, -0.2) is 8.78 Å². The molecule has 1 saturated heterocycles. The minimum Gasteiger partial charge on any atom is -0.377 e. The van der Waals surface area contributed by atoms with Crippen molar-refractivity contribution in [2.45, 2.75) is 19.0 Å². The van der Waals surface area contributed by atoms with Gasteiger partial charge in [0.15, 0.2) is 0 Å². The maximum Gasteiger partial charge on any atom is 0.257 e. The second kappa shape index (κ2) is 8.68. The third-order valence-corrected chi connectivity index (χ3v) is 4.28. The molecule has 1 N–H and O–H groups in total. The van der Waals surface area contributed by atoms with Crippen molar-refractivity contribution in [2.24, 2.45) is 0 Å². The van der Waals surface area contributed by atoms with Crippen molar-refractivity contribution in [3.05, 3.63) is 65.5 Å². The van der Waals surface area contributed by atoms with Gasteiger partial charge in [0.1, 0.15) is 11.6 Å². The largest absolute Gasteiger partial charge is 0.377 e. The zero-order valence-corrected chi connectivity index (χ0v) is 14.5. The number of benzene rings is 1. The summed E-state index contributed by atoms with van der Waals surface area (Å²) in [5, 5.41) is 2.76. The summed E-state index contributed by atoms with van der Waals surface area (Å²) >= 11 is 0. The van der Waals surface area contributed by atoms with E-state index in [-0.39, 0.29) is 37.6 Å². The lowest BCUT2D eigenvalue weighted by atomic mass is 10.1. The van der Waals surface area contributed by atoms with Crippen molar-refractivity contribution in [2.75, 3.05) is 19.8 Å². The fraction of sp³-hybridized carbons (Fsp3) is 0.316. The molecule has 6 nitrogen and oxygen atoms in total. The van der Waals surface area contributed by atoms with Gasteiger partial charge in [-0.05, 0) is 29.8 Å². The molecule has 0 saturated carbocycles. The number of amides is 2. The Hall–Kier alpha value is -2.87. The molecule has 0 spiro atoms. The van der Waals surface area contributed by atoms with Crippen molar-refractivity contribution in [1.29, 1.82) is 0 Å². The number of nitrogens with zero attached hydrogens (tertiary/aromatic N) is 2. The molecule has 8 heteroatoms. The SMILES string of the molecule is O=C(C[C@@H]1COCCN1C(=O)c1cc(F)ccc1F)NCc1cccnc1. The standard InChI is InChI=1S/C19H19F2N3O3/c20-14-3-4-17(21)16(8-14)19(26)24-6-7-27-12-15(24)9-18(25)23-11-13-2-1-5-22-10-13/h1-5,8,10,15H,6-7,9,11-12H2,(H,23,25)/t15-/m1/s1. The number of pyridine rings is 1. The molecule has 0 radical (unpaired) electrons. The first-order chi connectivity index (χ1) is 13.0. The van der Waals surface area contributed by atoms with Gasteiger partial charge >= 0.3 is 0 Å². The third kappa shape index (κ3) is 4.85. The Morgan fingerprint density at radius 2 is 2.15 bits per heavy atom. The van der Waals surface area contributed by atoms with Crippen LogP contribution >= 0.6 is 0 Å². The molecule has 3 rings (SSSR count). The molecule has 1 aliphatic rings. The van der Waals surface area contributed by atoms with Crippen molar-refractivity contribution in [3.63, 3.8) is 0 Å². The highest BCUT2D eigenvalue weighted by atomic mass is 19.1. The Balaban J connectivity index is 1.65. The predicted octanol–water partition coefficient (Wildman–Crippen LogP) is 1.91. The fourth-order valence-corrected chi connectivity index (χ4v) is 2.90. The van der Waals surface area contributed by atoms with Gasteiger partial charge in [0.25, 0.3) is 5.91 Å². The van der Waals surface area contributed by atoms with Crippen LogP contribution in [-0.4, -0.2) is 47.5 Å². The van der Waals surface area contributed by atoms with E-state index in [9.17, 15) is 18.4 Å². The third-order valence-electron chi connectivity index (χ3n) is 4.28. The fourth-order valence-electron chi connectivity index (χ4n) is 2.90. The van der Waals surface area contributed by atoms with Crippen LogP contribution in [0, 0.1) is 11.6 Å². The summed E-state index contributed by atoms with van der Waals surface area (Å²) in [7, 11) is 0. The maximum atomic E-state index is 13.9. The zero-order chi connectivity index (χ0) is 19.2. The van der Waals surface area contributed by atoms with Gasteiger partial charge in [-0.3, -0.25) is 14.6 Å². The van der Waals surface area contributed by atoms with E-state index in [4.69, 9.17) is 4.74 Å². The number of morpholine rings is 1. The summed E-state index contributed by atoms with van der Waals surface area (Å²) in [6.45, 7) is 0.946. The van der Waals surface area contributed by atoms with E-state index < -0.39 is 23.6 Å². The van der Waals surface area contributed by atoms with Crippen molar-refractivity contribution >= 4 is 11.8 Å². The molecule has 1 fully saturated rings. The number of carbonyl (C=O) groups is 2. The first-order valence-electron chi connectivity index (χ1n) is 8.54. The molecule has 1 atom stereocenters. The number of carbonyl (C=O) groups excluding carboxylic acids is 2. The number of hydrogen-bond acceptors (Lipinski definition) is 4. The second-order valence-corrected chi connectivity index (χ2v) is 6.19. The minimum absolute atomic E-state index is 0.00291. The van der Waals surface area contributed by atoms with Gasteiger partial charge in [-0.1, -0.05) is 6.07 Å². The van der Waals surface area contributed by atoms with Gasteiger partial charge in [-0.2, -0.15) is 0 Å². The molecule has 142 valence electrons. The molecule has 2 heterocycles.